The number of β-amino-alcohol motifs (C(OH)–C–C–N with tert-alkyl or cyclic N) is 1. The van der Waals surface area contributed by atoms with Crippen LogP contribution in [-0.2, 0) is 6.54 Å². The van der Waals surface area contributed by atoms with Crippen molar-refractivity contribution in [3.63, 3.8) is 0 Å². The van der Waals surface area contributed by atoms with Gasteiger partial charge in [-0.05, 0) is 11.6 Å². The fourth-order valence-corrected chi connectivity index (χ4v) is 1.68. The molecule has 1 aromatic rings. The molecule has 0 atom stereocenters. The van der Waals surface area contributed by atoms with Gasteiger partial charge >= 0.3 is 0 Å². The maximum Gasteiger partial charge on any atom is 0.257 e. The first kappa shape index (κ1) is 9.15. The number of fused-ring (bicyclic) bond motifs is 1. The third-order valence-corrected chi connectivity index (χ3v) is 2.33. The molecule has 1 N–H and O–H groups in total. The van der Waals surface area contributed by atoms with E-state index in [2.05, 4.69) is 0 Å². The lowest BCUT2D eigenvalue weighted by Crippen LogP contribution is -2.27. The fraction of sp³-hybridized carbons (Fsp3) is 0.300. The molecule has 0 aromatic heterocycles. The quantitative estimate of drug-likeness (QED) is 0.757. The van der Waals surface area contributed by atoms with E-state index in [1.807, 2.05) is 0 Å². The molecule has 0 saturated heterocycles. The highest BCUT2D eigenvalue weighted by Crippen LogP contribution is 2.24. The van der Waals surface area contributed by atoms with E-state index in [0.29, 0.717) is 12.1 Å². The molecule has 0 spiro atoms. The predicted molar refractivity (Wildman–Crippen MR) is 48.2 cm³/mol. The van der Waals surface area contributed by atoms with Crippen molar-refractivity contribution in [2.45, 2.75) is 6.54 Å². The van der Waals surface area contributed by atoms with Gasteiger partial charge in [-0.25, -0.2) is 4.39 Å². The maximum absolute atomic E-state index is 13.2. The Morgan fingerprint density at radius 3 is 2.93 bits per heavy atom. The summed E-state index contributed by atoms with van der Waals surface area (Å²) in [7, 11) is 0. The zero-order valence-electron chi connectivity index (χ0n) is 7.53. The third-order valence-electron chi connectivity index (χ3n) is 2.33. The van der Waals surface area contributed by atoms with Crippen LogP contribution in [0.5, 0.6) is 0 Å². The second-order valence-corrected chi connectivity index (χ2v) is 3.22. The number of hydrogen-bond donors (Lipinski definition) is 1. The van der Waals surface area contributed by atoms with E-state index in [1.54, 1.807) is 12.1 Å². The first-order chi connectivity index (χ1) is 6.74. The van der Waals surface area contributed by atoms with Crippen LogP contribution in [-0.4, -0.2) is 29.1 Å². The van der Waals surface area contributed by atoms with Crippen molar-refractivity contribution in [3.8, 4) is 0 Å². The number of carbonyl (C=O) groups is 1. The highest BCUT2D eigenvalue weighted by Gasteiger charge is 2.29. The van der Waals surface area contributed by atoms with E-state index in [4.69, 9.17) is 5.11 Å². The smallest absolute Gasteiger partial charge is 0.257 e. The Labute approximate surface area is 80.8 Å². The zero-order chi connectivity index (χ0) is 10.1. The summed E-state index contributed by atoms with van der Waals surface area (Å²) < 4.78 is 13.2. The summed E-state index contributed by atoms with van der Waals surface area (Å²) in [5.74, 6) is -0.805. The fourth-order valence-electron chi connectivity index (χ4n) is 1.68. The van der Waals surface area contributed by atoms with Gasteiger partial charge in [0.25, 0.3) is 5.91 Å². The van der Waals surface area contributed by atoms with Crippen LogP contribution in [0.4, 0.5) is 4.39 Å². The molecule has 0 radical (unpaired) electrons. The van der Waals surface area contributed by atoms with Crippen molar-refractivity contribution in [2.24, 2.45) is 0 Å². The van der Waals surface area contributed by atoms with E-state index < -0.39 is 5.82 Å². The predicted octanol–water partition coefficient (Wildman–Crippen LogP) is 0.774. The first-order valence-electron chi connectivity index (χ1n) is 4.41. The number of halogens is 1. The molecule has 4 heteroatoms. The summed E-state index contributed by atoms with van der Waals surface area (Å²) in [6.45, 7) is 0.556. The second kappa shape index (κ2) is 3.38. The summed E-state index contributed by atoms with van der Waals surface area (Å²) in [6.07, 6.45) is 0. The standard InChI is InChI=1S/C10H10FNO2/c11-8-3-1-2-7-6-12(4-5-13)10(14)9(7)8/h1-3,13H,4-6H2. The van der Waals surface area contributed by atoms with Gasteiger partial charge in [0.2, 0.25) is 0 Å². The normalized spacial score (nSPS) is 14.7. The van der Waals surface area contributed by atoms with Crippen LogP contribution in [0.15, 0.2) is 18.2 Å². The lowest BCUT2D eigenvalue weighted by Gasteiger charge is -2.12. The zero-order valence-corrected chi connectivity index (χ0v) is 7.53. The van der Waals surface area contributed by atoms with Crippen LogP contribution >= 0.6 is 0 Å². The number of carbonyl (C=O) groups excluding carboxylic acids is 1. The van der Waals surface area contributed by atoms with Crippen LogP contribution in [0.1, 0.15) is 15.9 Å². The Kier molecular flexibility index (Phi) is 2.21. The Balaban J connectivity index is 2.36. The Hall–Kier alpha value is -1.42. The molecule has 1 heterocycles. The van der Waals surface area contributed by atoms with Crippen molar-refractivity contribution in [1.82, 2.24) is 4.90 Å². The van der Waals surface area contributed by atoms with Gasteiger partial charge in [0, 0.05) is 13.1 Å². The highest BCUT2D eigenvalue weighted by atomic mass is 19.1. The topological polar surface area (TPSA) is 40.5 Å². The van der Waals surface area contributed by atoms with Crippen molar-refractivity contribution in [3.05, 3.63) is 35.1 Å². The van der Waals surface area contributed by atoms with Gasteiger partial charge in [-0.2, -0.15) is 0 Å². The molecule has 0 fully saturated rings. The molecule has 1 amide bonds. The van der Waals surface area contributed by atoms with E-state index in [-0.39, 0.29) is 24.6 Å². The van der Waals surface area contributed by atoms with Gasteiger partial charge in [-0.1, -0.05) is 12.1 Å². The number of benzene rings is 1. The second-order valence-electron chi connectivity index (χ2n) is 3.22. The Morgan fingerprint density at radius 2 is 2.29 bits per heavy atom. The molecule has 0 unspecified atom stereocenters. The largest absolute Gasteiger partial charge is 0.395 e. The van der Waals surface area contributed by atoms with Crippen LogP contribution in [0, 0.1) is 5.82 Å². The lowest BCUT2D eigenvalue weighted by molar-refractivity contribution is 0.0742. The summed E-state index contributed by atoms with van der Waals surface area (Å²) in [4.78, 5) is 13.0. The maximum atomic E-state index is 13.2. The Morgan fingerprint density at radius 1 is 1.50 bits per heavy atom. The van der Waals surface area contributed by atoms with Crippen molar-refractivity contribution >= 4 is 5.91 Å². The van der Waals surface area contributed by atoms with Crippen LogP contribution in [0.3, 0.4) is 0 Å². The molecule has 2 rings (SSSR count). The SMILES string of the molecule is O=C1c2c(F)cccc2CN1CCO. The lowest BCUT2D eigenvalue weighted by atomic mass is 10.1. The van der Waals surface area contributed by atoms with E-state index in [9.17, 15) is 9.18 Å². The van der Waals surface area contributed by atoms with Gasteiger partial charge < -0.3 is 10.0 Å². The third kappa shape index (κ3) is 1.28. The number of hydrogen-bond acceptors (Lipinski definition) is 2. The molecule has 1 aromatic carbocycles. The molecule has 14 heavy (non-hydrogen) atoms. The van der Waals surface area contributed by atoms with Crippen LogP contribution in [0.2, 0.25) is 0 Å². The summed E-state index contributed by atoms with van der Waals surface area (Å²) >= 11 is 0. The number of aliphatic hydroxyl groups excluding tert-OH is 1. The Bertz CT molecular complexity index is 378. The molecule has 0 saturated carbocycles. The molecule has 74 valence electrons. The monoisotopic (exact) mass is 195 g/mol. The molecule has 1 aliphatic rings. The summed E-state index contributed by atoms with van der Waals surface area (Å²) in [5, 5.41) is 8.71. The van der Waals surface area contributed by atoms with Gasteiger partial charge in [0.05, 0.1) is 12.2 Å². The molecular weight excluding hydrogens is 185 g/mol. The van der Waals surface area contributed by atoms with E-state index >= 15 is 0 Å². The molecule has 0 aliphatic carbocycles. The minimum Gasteiger partial charge on any atom is -0.395 e. The number of aliphatic hydroxyl groups is 1. The van der Waals surface area contributed by atoms with Gasteiger partial charge in [-0.15, -0.1) is 0 Å². The van der Waals surface area contributed by atoms with Crippen molar-refractivity contribution < 1.29 is 14.3 Å². The van der Waals surface area contributed by atoms with Gasteiger partial charge in [-0.3, -0.25) is 4.79 Å². The molecule has 1 aliphatic heterocycles. The molecular formula is C10H10FNO2. The van der Waals surface area contributed by atoms with Crippen molar-refractivity contribution in [2.75, 3.05) is 13.2 Å². The summed E-state index contributed by atoms with van der Waals surface area (Å²) in [5.41, 5.74) is 0.851. The minimum absolute atomic E-state index is 0.0959. The average Bonchev–Trinajstić information content (AvgIpc) is 2.46. The first-order valence-corrected chi connectivity index (χ1v) is 4.41. The number of rotatable bonds is 2. The number of nitrogens with zero attached hydrogens (tertiary/aromatic N) is 1. The highest BCUT2D eigenvalue weighted by molar-refractivity contribution is 5.98. The van der Waals surface area contributed by atoms with Crippen molar-refractivity contribution in [1.29, 1.82) is 0 Å². The van der Waals surface area contributed by atoms with Crippen LogP contribution < -0.4 is 0 Å². The van der Waals surface area contributed by atoms with Gasteiger partial charge in [0.1, 0.15) is 5.82 Å². The van der Waals surface area contributed by atoms with E-state index in [1.165, 1.54) is 11.0 Å². The average molecular weight is 195 g/mol. The summed E-state index contributed by atoms with van der Waals surface area (Å²) in [6, 6.07) is 4.59. The van der Waals surface area contributed by atoms with Crippen LogP contribution in [0.25, 0.3) is 0 Å². The molecule has 0 bridgehead atoms. The number of amides is 1. The van der Waals surface area contributed by atoms with E-state index in [0.717, 1.165) is 0 Å². The minimum atomic E-state index is -0.479. The molecule has 3 nitrogen and oxygen atoms in total. The van der Waals surface area contributed by atoms with Gasteiger partial charge in [0.15, 0.2) is 0 Å².